The smallest absolute Gasteiger partial charge is 0.123 e. The Morgan fingerprint density at radius 1 is 0.929 bits per heavy atom. The van der Waals surface area contributed by atoms with Gasteiger partial charge in [0, 0.05) is 18.4 Å². The van der Waals surface area contributed by atoms with Crippen LogP contribution in [0.4, 0.5) is 5.69 Å². The molecule has 0 spiro atoms. The SMILES string of the molecule is CCOCCOc1cccc(NCC(CC)Oc2ccccc2C(C)CC)c1. The highest BCUT2D eigenvalue weighted by Crippen LogP contribution is 2.29. The van der Waals surface area contributed by atoms with Crippen LogP contribution in [0.15, 0.2) is 48.5 Å². The van der Waals surface area contributed by atoms with Gasteiger partial charge in [-0.25, -0.2) is 0 Å². The van der Waals surface area contributed by atoms with Crippen LogP contribution in [0, 0.1) is 0 Å². The van der Waals surface area contributed by atoms with Gasteiger partial charge in [-0.3, -0.25) is 0 Å². The number of hydrogen-bond donors (Lipinski definition) is 1. The van der Waals surface area contributed by atoms with Gasteiger partial charge >= 0.3 is 0 Å². The Labute approximate surface area is 170 Å². The molecule has 28 heavy (non-hydrogen) atoms. The molecule has 0 amide bonds. The molecule has 0 aliphatic rings. The second kappa shape index (κ2) is 12.3. The number of ether oxygens (including phenoxy) is 3. The molecule has 0 heterocycles. The number of nitrogens with one attached hydrogen (secondary N) is 1. The molecule has 4 heteroatoms. The highest BCUT2D eigenvalue weighted by molar-refractivity contribution is 5.48. The average Bonchev–Trinajstić information content (AvgIpc) is 2.74. The fourth-order valence-electron chi connectivity index (χ4n) is 2.95. The zero-order chi connectivity index (χ0) is 20.2. The van der Waals surface area contributed by atoms with Crippen LogP contribution in [0.2, 0.25) is 0 Å². The van der Waals surface area contributed by atoms with Crippen molar-refractivity contribution in [3.8, 4) is 11.5 Å². The van der Waals surface area contributed by atoms with Crippen LogP contribution in [-0.4, -0.2) is 32.5 Å². The monoisotopic (exact) mass is 385 g/mol. The molecule has 0 saturated carbocycles. The van der Waals surface area contributed by atoms with Crippen LogP contribution in [0.5, 0.6) is 11.5 Å². The fourth-order valence-corrected chi connectivity index (χ4v) is 2.95. The van der Waals surface area contributed by atoms with Crippen molar-refractivity contribution in [1.82, 2.24) is 0 Å². The first-order valence-electron chi connectivity index (χ1n) is 10.5. The molecule has 2 rings (SSSR count). The zero-order valence-corrected chi connectivity index (χ0v) is 17.7. The van der Waals surface area contributed by atoms with Gasteiger partial charge in [0.15, 0.2) is 0 Å². The molecule has 1 N–H and O–H groups in total. The Morgan fingerprint density at radius 3 is 2.50 bits per heavy atom. The van der Waals surface area contributed by atoms with E-state index in [-0.39, 0.29) is 6.10 Å². The predicted molar refractivity (Wildman–Crippen MR) is 117 cm³/mol. The highest BCUT2D eigenvalue weighted by Gasteiger charge is 2.14. The third-order valence-corrected chi connectivity index (χ3v) is 4.88. The summed E-state index contributed by atoms with van der Waals surface area (Å²) in [6, 6.07) is 16.4. The number of benzene rings is 2. The Hall–Kier alpha value is -2.20. The van der Waals surface area contributed by atoms with Crippen molar-refractivity contribution in [1.29, 1.82) is 0 Å². The van der Waals surface area contributed by atoms with E-state index in [1.54, 1.807) is 0 Å². The first-order chi connectivity index (χ1) is 13.7. The van der Waals surface area contributed by atoms with E-state index in [4.69, 9.17) is 14.2 Å². The van der Waals surface area contributed by atoms with Crippen LogP contribution in [0.3, 0.4) is 0 Å². The minimum absolute atomic E-state index is 0.104. The second-order valence-corrected chi connectivity index (χ2v) is 6.95. The molecule has 4 nitrogen and oxygen atoms in total. The van der Waals surface area contributed by atoms with E-state index in [2.05, 4.69) is 50.4 Å². The lowest BCUT2D eigenvalue weighted by atomic mass is 9.98. The first kappa shape index (κ1) is 22.1. The van der Waals surface area contributed by atoms with Gasteiger partial charge in [0.05, 0.1) is 13.2 Å². The zero-order valence-electron chi connectivity index (χ0n) is 17.7. The molecule has 2 aromatic carbocycles. The van der Waals surface area contributed by atoms with Crippen molar-refractivity contribution < 1.29 is 14.2 Å². The van der Waals surface area contributed by atoms with Gasteiger partial charge < -0.3 is 19.5 Å². The van der Waals surface area contributed by atoms with E-state index in [0.717, 1.165) is 36.6 Å². The summed E-state index contributed by atoms with van der Waals surface area (Å²) in [5, 5.41) is 3.48. The average molecular weight is 386 g/mol. The molecule has 0 aliphatic carbocycles. The standard InChI is InChI=1S/C24H35NO3/c1-5-19(4)23-13-8-9-14-24(23)28-21(6-2)18-25-20-11-10-12-22(17-20)27-16-15-26-7-3/h8-14,17,19,21,25H,5-7,15-16,18H2,1-4H3. The molecule has 0 radical (unpaired) electrons. The van der Waals surface area contributed by atoms with Crippen LogP contribution in [0.1, 0.15) is 52.0 Å². The van der Waals surface area contributed by atoms with E-state index < -0.39 is 0 Å². The number of rotatable bonds is 13. The van der Waals surface area contributed by atoms with E-state index in [1.165, 1.54) is 5.56 Å². The van der Waals surface area contributed by atoms with E-state index in [9.17, 15) is 0 Å². The molecular weight excluding hydrogens is 350 g/mol. The topological polar surface area (TPSA) is 39.7 Å². The van der Waals surface area contributed by atoms with Gasteiger partial charge in [-0.05, 0) is 49.4 Å². The maximum atomic E-state index is 6.35. The fraction of sp³-hybridized carbons (Fsp3) is 0.500. The third kappa shape index (κ3) is 7.08. The summed E-state index contributed by atoms with van der Waals surface area (Å²) in [5.74, 6) is 2.34. The van der Waals surface area contributed by atoms with Crippen molar-refractivity contribution in [2.75, 3.05) is 31.7 Å². The Bertz CT molecular complexity index is 689. The van der Waals surface area contributed by atoms with Crippen LogP contribution < -0.4 is 14.8 Å². The molecule has 154 valence electrons. The molecular formula is C24H35NO3. The summed E-state index contributed by atoms with van der Waals surface area (Å²) in [6.07, 6.45) is 2.14. The lowest BCUT2D eigenvalue weighted by molar-refractivity contribution is 0.110. The minimum Gasteiger partial charge on any atom is -0.491 e. The van der Waals surface area contributed by atoms with Crippen LogP contribution >= 0.6 is 0 Å². The summed E-state index contributed by atoms with van der Waals surface area (Å²) in [6.45, 7) is 11.2. The van der Waals surface area contributed by atoms with Crippen LogP contribution in [-0.2, 0) is 4.74 Å². The third-order valence-electron chi connectivity index (χ3n) is 4.88. The van der Waals surface area contributed by atoms with Gasteiger partial charge in [0.25, 0.3) is 0 Å². The van der Waals surface area contributed by atoms with Gasteiger partial charge in [-0.1, -0.05) is 45.0 Å². The summed E-state index contributed by atoms with van der Waals surface area (Å²) >= 11 is 0. The first-order valence-corrected chi connectivity index (χ1v) is 10.5. The molecule has 0 saturated heterocycles. The van der Waals surface area contributed by atoms with E-state index >= 15 is 0 Å². The quantitative estimate of drug-likeness (QED) is 0.437. The normalized spacial score (nSPS) is 13.0. The number of hydrogen-bond acceptors (Lipinski definition) is 4. The Kier molecular flexibility index (Phi) is 9.70. The molecule has 0 bridgehead atoms. The van der Waals surface area contributed by atoms with Crippen LogP contribution in [0.25, 0.3) is 0 Å². The molecule has 0 aliphatic heterocycles. The molecule has 2 atom stereocenters. The largest absolute Gasteiger partial charge is 0.491 e. The van der Waals surface area contributed by atoms with Crippen molar-refractivity contribution in [3.05, 3.63) is 54.1 Å². The maximum absolute atomic E-state index is 6.35. The second-order valence-electron chi connectivity index (χ2n) is 6.95. The molecule has 2 aromatic rings. The lowest BCUT2D eigenvalue weighted by Crippen LogP contribution is -2.26. The lowest BCUT2D eigenvalue weighted by Gasteiger charge is -2.22. The van der Waals surface area contributed by atoms with E-state index in [1.807, 2.05) is 31.2 Å². The Morgan fingerprint density at radius 2 is 1.75 bits per heavy atom. The van der Waals surface area contributed by atoms with Gasteiger partial charge in [0.2, 0.25) is 0 Å². The van der Waals surface area contributed by atoms with Gasteiger partial charge in [-0.2, -0.15) is 0 Å². The van der Waals surface area contributed by atoms with Gasteiger partial charge in [0.1, 0.15) is 24.2 Å². The summed E-state index contributed by atoms with van der Waals surface area (Å²) in [4.78, 5) is 0. The summed E-state index contributed by atoms with van der Waals surface area (Å²) in [7, 11) is 0. The van der Waals surface area contributed by atoms with Crippen molar-refractivity contribution in [3.63, 3.8) is 0 Å². The maximum Gasteiger partial charge on any atom is 0.123 e. The number of anilines is 1. The number of para-hydroxylation sites is 1. The van der Waals surface area contributed by atoms with Crippen molar-refractivity contribution in [2.24, 2.45) is 0 Å². The molecule has 0 aromatic heterocycles. The molecule has 2 unspecified atom stereocenters. The van der Waals surface area contributed by atoms with Gasteiger partial charge in [-0.15, -0.1) is 0 Å². The Balaban J connectivity index is 1.92. The van der Waals surface area contributed by atoms with Crippen molar-refractivity contribution in [2.45, 2.75) is 52.6 Å². The predicted octanol–water partition coefficient (Wildman–Crippen LogP) is 5.88. The minimum atomic E-state index is 0.104. The molecule has 0 fully saturated rings. The van der Waals surface area contributed by atoms with Crippen molar-refractivity contribution >= 4 is 5.69 Å². The highest BCUT2D eigenvalue weighted by atomic mass is 16.5. The summed E-state index contributed by atoms with van der Waals surface area (Å²) < 4.78 is 17.4. The summed E-state index contributed by atoms with van der Waals surface area (Å²) in [5.41, 5.74) is 2.32. The van der Waals surface area contributed by atoms with E-state index in [0.29, 0.717) is 25.7 Å².